The normalized spacial score (nSPS) is 11.2. The van der Waals surface area contributed by atoms with Crippen molar-refractivity contribution in [3.05, 3.63) is 136 Å². The average Bonchev–Trinajstić information content (AvgIpc) is 2.98. The number of ether oxygens (including phenoxy) is 2. The highest BCUT2D eigenvalue weighted by Gasteiger charge is 2.11. The number of rotatable bonds is 10. The number of aromatic nitrogens is 2. The number of carbonyl (C=O) groups excluding carboxylic acids is 1. The van der Waals surface area contributed by atoms with Gasteiger partial charge in [-0.15, -0.1) is 0 Å². The molecule has 0 aliphatic rings. The van der Waals surface area contributed by atoms with Crippen molar-refractivity contribution in [3.8, 4) is 17.2 Å². The number of hydrogen-bond donors (Lipinski definition) is 0. The second-order valence-electron chi connectivity index (χ2n) is 9.14. The van der Waals surface area contributed by atoms with Crippen LogP contribution in [-0.4, -0.2) is 28.5 Å². The van der Waals surface area contributed by atoms with E-state index in [9.17, 15) is 14.0 Å². The van der Waals surface area contributed by atoms with Gasteiger partial charge >= 0.3 is 0 Å². The van der Waals surface area contributed by atoms with Crippen molar-refractivity contribution >= 4 is 22.8 Å². The summed E-state index contributed by atoms with van der Waals surface area (Å²) in [6.45, 7) is 2.63. The molecule has 0 spiro atoms. The summed E-state index contributed by atoms with van der Waals surface area (Å²) in [5, 5.41) is 0.229. The van der Waals surface area contributed by atoms with Gasteiger partial charge in [-0.25, -0.2) is 9.37 Å². The first-order chi connectivity index (χ1) is 19.5. The summed E-state index contributed by atoms with van der Waals surface area (Å²) >= 11 is 0. The third-order valence-corrected chi connectivity index (χ3v) is 6.28. The third kappa shape index (κ3) is 6.32. The maximum absolute atomic E-state index is 13.7. The van der Waals surface area contributed by atoms with E-state index in [0.717, 1.165) is 5.56 Å². The molecule has 0 unspecified atom stereocenters. The molecule has 40 heavy (non-hydrogen) atoms. The Morgan fingerprint density at radius 2 is 1.52 bits per heavy atom. The number of halogens is 1. The lowest BCUT2D eigenvalue weighted by Crippen LogP contribution is -2.22. The van der Waals surface area contributed by atoms with Crippen molar-refractivity contribution in [3.63, 3.8) is 0 Å². The van der Waals surface area contributed by atoms with E-state index < -0.39 is 5.82 Å². The number of carbonyl (C=O) groups is 1. The van der Waals surface area contributed by atoms with Gasteiger partial charge in [0, 0.05) is 12.0 Å². The number of allylic oxidation sites excluding steroid dienone is 1. The fourth-order valence-corrected chi connectivity index (χ4v) is 4.25. The van der Waals surface area contributed by atoms with E-state index in [0.29, 0.717) is 53.7 Å². The molecule has 1 aromatic heterocycles. The SMILES string of the molecule is Cc1nc2ccc(F)cc2c(=O)n1-c1ccc(OCCCOc2ccc(C(=O)C=Cc3ccccc3)cc2)cc1. The van der Waals surface area contributed by atoms with Gasteiger partial charge in [-0.3, -0.25) is 14.2 Å². The fourth-order valence-electron chi connectivity index (χ4n) is 4.25. The lowest BCUT2D eigenvalue weighted by Gasteiger charge is -2.12. The maximum Gasteiger partial charge on any atom is 0.266 e. The highest BCUT2D eigenvalue weighted by atomic mass is 19.1. The molecule has 0 aliphatic carbocycles. The molecule has 0 N–H and O–H groups in total. The number of nitrogens with zero attached hydrogens (tertiary/aromatic N) is 2. The largest absolute Gasteiger partial charge is 0.493 e. The van der Waals surface area contributed by atoms with Gasteiger partial charge in [0.1, 0.15) is 23.1 Å². The zero-order valence-electron chi connectivity index (χ0n) is 21.9. The van der Waals surface area contributed by atoms with E-state index in [4.69, 9.17) is 9.47 Å². The first-order valence-electron chi connectivity index (χ1n) is 12.9. The number of ketones is 1. The van der Waals surface area contributed by atoms with Crippen LogP contribution in [0.3, 0.4) is 0 Å². The van der Waals surface area contributed by atoms with Crippen LogP contribution in [0.15, 0.2) is 108 Å². The molecule has 5 aromatic rings. The monoisotopic (exact) mass is 534 g/mol. The molecule has 1 heterocycles. The molecule has 4 aromatic carbocycles. The van der Waals surface area contributed by atoms with E-state index in [1.54, 1.807) is 67.6 Å². The molecule has 0 radical (unpaired) electrons. The Hall–Kier alpha value is -5.04. The Balaban J connectivity index is 1.10. The first kappa shape index (κ1) is 26.6. The van der Waals surface area contributed by atoms with Gasteiger partial charge in [0.2, 0.25) is 0 Å². The van der Waals surface area contributed by atoms with Crippen molar-refractivity contribution in [2.75, 3.05) is 13.2 Å². The zero-order valence-corrected chi connectivity index (χ0v) is 21.9. The molecule has 0 aliphatic heterocycles. The maximum atomic E-state index is 13.7. The molecule has 0 fully saturated rings. The molecular formula is C33H27FN2O4. The van der Waals surface area contributed by atoms with E-state index >= 15 is 0 Å². The molecule has 5 rings (SSSR count). The molecule has 0 saturated carbocycles. The summed E-state index contributed by atoms with van der Waals surface area (Å²) < 4.78 is 26.7. The van der Waals surface area contributed by atoms with Crippen LogP contribution in [0.2, 0.25) is 0 Å². The van der Waals surface area contributed by atoms with Crippen molar-refractivity contribution < 1.29 is 18.7 Å². The summed E-state index contributed by atoms with van der Waals surface area (Å²) in [6.07, 6.45) is 4.01. The predicted molar refractivity (Wildman–Crippen MR) is 154 cm³/mol. The lowest BCUT2D eigenvalue weighted by atomic mass is 10.1. The summed E-state index contributed by atoms with van der Waals surface area (Å²) in [5.74, 6) is 1.29. The molecule has 0 bridgehead atoms. The van der Waals surface area contributed by atoms with Crippen molar-refractivity contribution in [2.24, 2.45) is 0 Å². The van der Waals surface area contributed by atoms with Crippen LogP contribution in [0.5, 0.6) is 11.5 Å². The molecule has 0 saturated heterocycles. The number of hydrogen-bond acceptors (Lipinski definition) is 5. The van der Waals surface area contributed by atoms with Gasteiger partial charge in [-0.2, -0.15) is 0 Å². The summed E-state index contributed by atoms with van der Waals surface area (Å²) in [5.41, 5.74) is 2.32. The van der Waals surface area contributed by atoms with Crippen LogP contribution >= 0.6 is 0 Å². The molecule has 200 valence electrons. The third-order valence-electron chi connectivity index (χ3n) is 6.28. The Bertz CT molecular complexity index is 1710. The Morgan fingerprint density at radius 3 is 2.20 bits per heavy atom. The number of aryl methyl sites for hydroxylation is 1. The van der Waals surface area contributed by atoms with Crippen molar-refractivity contribution in [2.45, 2.75) is 13.3 Å². The summed E-state index contributed by atoms with van der Waals surface area (Å²) in [4.78, 5) is 29.8. The fraction of sp³-hybridized carbons (Fsp3) is 0.121. The van der Waals surface area contributed by atoms with Gasteiger partial charge in [-0.05, 0) is 85.3 Å². The van der Waals surface area contributed by atoms with Crippen LogP contribution in [0.25, 0.3) is 22.7 Å². The van der Waals surface area contributed by atoms with Crippen LogP contribution in [0.1, 0.15) is 28.2 Å². The first-order valence-corrected chi connectivity index (χ1v) is 12.9. The molecule has 7 heteroatoms. The summed E-state index contributed by atoms with van der Waals surface area (Å²) in [7, 11) is 0. The van der Waals surface area contributed by atoms with E-state index in [1.807, 2.05) is 30.3 Å². The lowest BCUT2D eigenvalue weighted by molar-refractivity contribution is 0.104. The highest BCUT2D eigenvalue weighted by Crippen LogP contribution is 2.18. The van der Waals surface area contributed by atoms with Gasteiger partial charge in [-0.1, -0.05) is 36.4 Å². The smallest absolute Gasteiger partial charge is 0.266 e. The molecule has 6 nitrogen and oxygen atoms in total. The van der Waals surface area contributed by atoms with Gasteiger partial charge in [0.15, 0.2) is 5.78 Å². The molecular weight excluding hydrogens is 507 g/mol. The van der Waals surface area contributed by atoms with E-state index in [1.165, 1.54) is 22.8 Å². The zero-order chi connectivity index (χ0) is 27.9. The van der Waals surface area contributed by atoms with Gasteiger partial charge in [0.05, 0.1) is 29.8 Å². The predicted octanol–water partition coefficient (Wildman–Crippen LogP) is 6.58. The number of fused-ring (bicyclic) bond motifs is 1. The van der Waals surface area contributed by atoms with Crippen molar-refractivity contribution in [1.29, 1.82) is 0 Å². The van der Waals surface area contributed by atoms with Crippen LogP contribution in [-0.2, 0) is 0 Å². The minimum Gasteiger partial charge on any atom is -0.493 e. The van der Waals surface area contributed by atoms with E-state index in [2.05, 4.69) is 4.98 Å². The molecule has 0 amide bonds. The molecule has 0 atom stereocenters. The average molecular weight is 535 g/mol. The minimum absolute atomic E-state index is 0.0689. The minimum atomic E-state index is -0.478. The van der Waals surface area contributed by atoms with Gasteiger partial charge < -0.3 is 9.47 Å². The Labute approximate surface area is 231 Å². The topological polar surface area (TPSA) is 70.4 Å². The Kier molecular flexibility index (Phi) is 8.11. The van der Waals surface area contributed by atoms with Crippen LogP contribution in [0, 0.1) is 12.7 Å². The second kappa shape index (κ2) is 12.2. The van der Waals surface area contributed by atoms with Crippen molar-refractivity contribution in [1.82, 2.24) is 9.55 Å². The van der Waals surface area contributed by atoms with Gasteiger partial charge in [0.25, 0.3) is 5.56 Å². The Morgan fingerprint density at radius 1 is 0.875 bits per heavy atom. The van der Waals surface area contributed by atoms with Crippen LogP contribution < -0.4 is 15.0 Å². The highest BCUT2D eigenvalue weighted by molar-refractivity contribution is 6.06. The number of benzene rings is 4. The second-order valence-corrected chi connectivity index (χ2v) is 9.14. The summed E-state index contributed by atoms with van der Waals surface area (Å²) in [6, 6.07) is 27.8. The standard InChI is InChI=1S/C33H27FN2O4/c1-23-35-31-18-11-26(34)22-30(31)33(38)36(23)27-12-16-29(17-13-27)40-21-5-20-39-28-14-9-25(10-15-28)32(37)19-8-24-6-3-2-4-7-24/h2-4,6-19,22H,5,20-21H2,1H3. The quantitative estimate of drug-likeness (QED) is 0.115. The van der Waals surface area contributed by atoms with E-state index in [-0.39, 0.29) is 16.7 Å². The van der Waals surface area contributed by atoms with Crippen LogP contribution in [0.4, 0.5) is 4.39 Å².